The minimum absolute atomic E-state index is 0.0223. The molecule has 3 rings (SSSR count). The maximum Gasteiger partial charge on any atom is 0.251 e. The molecule has 0 spiro atoms. The molecule has 0 bridgehead atoms. The van der Waals surface area contributed by atoms with Gasteiger partial charge >= 0.3 is 0 Å². The fourth-order valence-electron chi connectivity index (χ4n) is 2.49. The zero-order valence-electron chi connectivity index (χ0n) is 11.7. The minimum atomic E-state index is -0.0223. The van der Waals surface area contributed by atoms with E-state index in [-0.39, 0.29) is 11.8 Å². The van der Waals surface area contributed by atoms with E-state index < -0.39 is 0 Å². The topological polar surface area (TPSA) is 58.2 Å². The Kier molecular flexibility index (Phi) is 4.75. The quantitative estimate of drug-likeness (QED) is 0.895. The number of thioether (sulfide) groups is 2. The van der Waals surface area contributed by atoms with Gasteiger partial charge < -0.3 is 10.6 Å². The smallest absolute Gasteiger partial charge is 0.251 e. The van der Waals surface area contributed by atoms with Gasteiger partial charge in [-0.05, 0) is 30.2 Å². The number of amides is 2. The lowest BCUT2D eigenvalue weighted by Crippen LogP contribution is -2.33. The molecular weight excluding hydrogens is 304 g/mol. The van der Waals surface area contributed by atoms with Crippen LogP contribution in [0.5, 0.6) is 0 Å². The first-order chi connectivity index (χ1) is 10.2. The van der Waals surface area contributed by atoms with Crippen LogP contribution in [0.4, 0.5) is 5.69 Å². The Morgan fingerprint density at radius 3 is 3.05 bits per heavy atom. The Hall–Kier alpha value is -1.14. The van der Waals surface area contributed by atoms with Crippen molar-refractivity contribution in [3.8, 4) is 0 Å². The second kappa shape index (κ2) is 6.75. The summed E-state index contributed by atoms with van der Waals surface area (Å²) in [7, 11) is 0. The van der Waals surface area contributed by atoms with E-state index in [1.807, 2.05) is 35.7 Å². The first kappa shape index (κ1) is 14.8. The molecule has 2 N–H and O–H groups in total. The van der Waals surface area contributed by atoms with Gasteiger partial charge in [0.25, 0.3) is 5.91 Å². The van der Waals surface area contributed by atoms with Crippen molar-refractivity contribution in [3.05, 3.63) is 29.3 Å². The average Bonchev–Trinajstić information content (AvgIpc) is 2.53. The molecule has 6 heteroatoms. The monoisotopic (exact) mass is 322 g/mol. The molecular formula is C15H18N2O2S2. The second-order valence-electron chi connectivity index (χ2n) is 5.20. The van der Waals surface area contributed by atoms with E-state index in [1.54, 1.807) is 6.07 Å². The van der Waals surface area contributed by atoms with Gasteiger partial charge in [-0.15, -0.1) is 0 Å². The highest BCUT2D eigenvalue weighted by Gasteiger charge is 2.18. The Labute approximate surface area is 132 Å². The van der Waals surface area contributed by atoms with E-state index >= 15 is 0 Å². The van der Waals surface area contributed by atoms with Crippen molar-refractivity contribution in [2.75, 3.05) is 29.1 Å². The molecule has 21 heavy (non-hydrogen) atoms. The highest BCUT2D eigenvalue weighted by molar-refractivity contribution is 8.06. The zero-order chi connectivity index (χ0) is 14.7. The Morgan fingerprint density at radius 2 is 2.24 bits per heavy atom. The van der Waals surface area contributed by atoms with E-state index in [1.165, 1.54) is 11.5 Å². The standard InChI is InChI=1S/C15H18N2O2S2/c18-14-4-2-10-7-11(1-3-13(10)17-14)15(19)16-8-12-9-20-5-6-21-12/h1,3,7,12H,2,4-6,8-9H2,(H,16,19)(H,17,18). The van der Waals surface area contributed by atoms with E-state index in [2.05, 4.69) is 10.6 Å². The summed E-state index contributed by atoms with van der Waals surface area (Å²) >= 11 is 3.90. The van der Waals surface area contributed by atoms with Gasteiger partial charge in [0, 0.05) is 46.7 Å². The third-order valence-corrected chi connectivity index (χ3v) is 6.48. The molecule has 0 aliphatic carbocycles. The van der Waals surface area contributed by atoms with Crippen LogP contribution in [-0.4, -0.2) is 40.9 Å². The summed E-state index contributed by atoms with van der Waals surface area (Å²) in [4.78, 5) is 23.6. The second-order valence-corrected chi connectivity index (χ2v) is 7.76. The molecule has 1 unspecified atom stereocenters. The lowest BCUT2D eigenvalue weighted by molar-refractivity contribution is -0.116. The Morgan fingerprint density at radius 1 is 1.33 bits per heavy atom. The van der Waals surface area contributed by atoms with Crippen LogP contribution in [0.25, 0.3) is 0 Å². The van der Waals surface area contributed by atoms with E-state index in [0.717, 1.165) is 23.5 Å². The van der Waals surface area contributed by atoms with Crippen molar-refractivity contribution in [1.29, 1.82) is 0 Å². The van der Waals surface area contributed by atoms with E-state index in [9.17, 15) is 9.59 Å². The number of hydrogen-bond acceptors (Lipinski definition) is 4. The van der Waals surface area contributed by atoms with Crippen LogP contribution in [0.15, 0.2) is 18.2 Å². The number of fused-ring (bicyclic) bond motifs is 1. The number of nitrogens with one attached hydrogen (secondary N) is 2. The van der Waals surface area contributed by atoms with Crippen molar-refractivity contribution in [3.63, 3.8) is 0 Å². The van der Waals surface area contributed by atoms with Gasteiger partial charge in [-0.3, -0.25) is 9.59 Å². The lowest BCUT2D eigenvalue weighted by Gasteiger charge is -2.21. The molecule has 1 aromatic rings. The summed E-state index contributed by atoms with van der Waals surface area (Å²) in [5, 5.41) is 6.37. The molecule has 2 aliphatic heterocycles. The first-order valence-corrected chi connectivity index (χ1v) is 9.33. The molecule has 1 atom stereocenters. The number of rotatable bonds is 3. The van der Waals surface area contributed by atoms with Crippen molar-refractivity contribution in [2.24, 2.45) is 0 Å². The Bertz CT molecular complexity index is 557. The molecule has 2 aliphatic rings. The minimum Gasteiger partial charge on any atom is -0.351 e. The number of hydrogen-bond donors (Lipinski definition) is 2. The number of anilines is 1. The van der Waals surface area contributed by atoms with Crippen molar-refractivity contribution in [2.45, 2.75) is 18.1 Å². The van der Waals surface area contributed by atoms with Crippen LogP contribution in [0.2, 0.25) is 0 Å². The van der Waals surface area contributed by atoms with Gasteiger partial charge in [0.1, 0.15) is 0 Å². The van der Waals surface area contributed by atoms with Crippen LogP contribution in [0.1, 0.15) is 22.3 Å². The van der Waals surface area contributed by atoms with Gasteiger partial charge in [-0.1, -0.05) is 0 Å². The SMILES string of the molecule is O=C1CCc2cc(C(=O)NCC3CSCCS3)ccc2N1. The van der Waals surface area contributed by atoms with Crippen LogP contribution < -0.4 is 10.6 Å². The summed E-state index contributed by atoms with van der Waals surface area (Å²) < 4.78 is 0. The van der Waals surface area contributed by atoms with Gasteiger partial charge in [0.05, 0.1) is 0 Å². The summed E-state index contributed by atoms with van der Waals surface area (Å²) in [6, 6.07) is 5.50. The predicted molar refractivity (Wildman–Crippen MR) is 89.3 cm³/mol. The molecule has 2 heterocycles. The largest absolute Gasteiger partial charge is 0.351 e. The fraction of sp³-hybridized carbons (Fsp3) is 0.467. The Balaban J connectivity index is 1.60. The summed E-state index contributed by atoms with van der Waals surface area (Å²) in [5.74, 6) is 3.52. The first-order valence-electron chi connectivity index (χ1n) is 7.13. The highest BCUT2D eigenvalue weighted by atomic mass is 32.2. The molecule has 1 saturated heterocycles. The van der Waals surface area contributed by atoms with Crippen molar-refractivity contribution >= 4 is 41.0 Å². The molecule has 0 saturated carbocycles. The van der Waals surface area contributed by atoms with Gasteiger partial charge in [0.15, 0.2) is 0 Å². The third-order valence-electron chi connectivity index (χ3n) is 3.64. The van der Waals surface area contributed by atoms with E-state index in [4.69, 9.17) is 0 Å². The lowest BCUT2D eigenvalue weighted by atomic mass is 10.00. The molecule has 1 aromatic carbocycles. The number of carbonyl (C=O) groups excluding carboxylic acids is 2. The summed E-state index contributed by atoms with van der Waals surface area (Å²) in [6.07, 6.45) is 1.20. The van der Waals surface area contributed by atoms with Crippen molar-refractivity contribution in [1.82, 2.24) is 5.32 Å². The highest BCUT2D eigenvalue weighted by Crippen LogP contribution is 2.25. The van der Waals surface area contributed by atoms with Gasteiger partial charge in [-0.25, -0.2) is 0 Å². The molecule has 2 amide bonds. The molecule has 112 valence electrons. The maximum atomic E-state index is 12.2. The molecule has 4 nitrogen and oxygen atoms in total. The summed E-state index contributed by atoms with van der Waals surface area (Å²) in [5.41, 5.74) is 2.56. The van der Waals surface area contributed by atoms with Gasteiger partial charge in [0.2, 0.25) is 5.91 Å². The normalized spacial score (nSPS) is 21.3. The fourth-order valence-corrected chi connectivity index (χ4v) is 5.10. The zero-order valence-corrected chi connectivity index (χ0v) is 13.3. The molecule has 0 aromatic heterocycles. The number of benzene rings is 1. The van der Waals surface area contributed by atoms with Crippen LogP contribution in [0.3, 0.4) is 0 Å². The summed E-state index contributed by atoms with van der Waals surface area (Å²) in [6.45, 7) is 0.727. The van der Waals surface area contributed by atoms with Crippen molar-refractivity contribution < 1.29 is 9.59 Å². The maximum absolute atomic E-state index is 12.2. The third kappa shape index (κ3) is 3.74. The molecule has 0 radical (unpaired) electrons. The average molecular weight is 322 g/mol. The van der Waals surface area contributed by atoms with E-state index in [0.29, 0.717) is 23.7 Å². The van der Waals surface area contributed by atoms with Crippen LogP contribution >= 0.6 is 23.5 Å². The van der Waals surface area contributed by atoms with Crippen LogP contribution in [0, 0.1) is 0 Å². The van der Waals surface area contributed by atoms with Gasteiger partial charge in [-0.2, -0.15) is 23.5 Å². The van der Waals surface area contributed by atoms with Crippen LogP contribution in [-0.2, 0) is 11.2 Å². The number of aryl methyl sites for hydroxylation is 1. The molecule has 1 fully saturated rings. The number of carbonyl (C=O) groups is 2. The predicted octanol–water partition coefficient (Wildman–Crippen LogP) is 2.15.